The van der Waals surface area contributed by atoms with Gasteiger partial charge in [0.25, 0.3) is 0 Å². The van der Waals surface area contributed by atoms with Crippen LogP contribution in [0, 0.1) is 5.41 Å². The number of anilines is 1. The maximum Gasteiger partial charge on any atom is 0.232 e. The van der Waals surface area contributed by atoms with E-state index in [4.69, 9.17) is 4.74 Å². The quantitative estimate of drug-likeness (QED) is 0.920. The average Bonchev–Trinajstić information content (AvgIpc) is 3.05. The highest BCUT2D eigenvalue weighted by molar-refractivity contribution is 7.22. The summed E-state index contributed by atoms with van der Waals surface area (Å²) in [6, 6.07) is 5.82. The van der Waals surface area contributed by atoms with Crippen LogP contribution in [0.2, 0.25) is 0 Å². The van der Waals surface area contributed by atoms with Crippen LogP contribution in [0.3, 0.4) is 0 Å². The van der Waals surface area contributed by atoms with Crippen LogP contribution in [0.4, 0.5) is 5.13 Å². The van der Waals surface area contributed by atoms with Gasteiger partial charge in [-0.2, -0.15) is 0 Å². The summed E-state index contributed by atoms with van der Waals surface area (Å²) in [6.45, 7) is 4.66. The number of rotatable bonds is 4. The number of amides is 1. The van der Waals surface area contributed by atoms with Crippen LogP contribution in [0.15, 0.2) is 18.2 Å². The molecule has 3 rings (SSSR count). The maximum absolute atomic E-state index is 12.4. The van der Waals surface area contributed by atoms with E-state index < -0.39 is 0 Å². The Morgan fingerprint density at radius 2 is 2.19 bits per heavy atom. The smallest absolute Gasteiger partial charge is 0.232 e. The molecule has 1 aromatic carbocycles. The van der Waals surface area contributed by atoms with Crippen molar-refractivity contribution in [2.45, 2.75) is 39.5 Å². The van der Waals surface area contributed by atoms with Gasteiger partial charge < -0.3 is 10.1 Å². The van der Waals surface area contributed by atoms with Crippen LogP contribution >= 0.6 is 11.3 Å². The van der Waals surface area contributed by atoms with E-state index >= 15 is 0 Å². The van der Waals surface area contributed by atoms with Gasteiger partial charge in [-0.05, 0) is 38.0 Å². The van der Waals surface area contributed by atoms with E-state index in [9.17, 15) is 4.79 Å². The molecule has 112 valence electrons. The Kier molecular flexibility index (Phi) is 3.85. The number of ether oxygens (including phenoxy) is 1. The highest BCUT2D eigenvalue weighted by atomic mass is 32.1. The summed E-state index contributed by atoms with van der Waals surface area (Å²) in [6.07, 6.45) is 4.22. The lowest BCUT2D eigenvalue weighted by Gasteiger charge is -2.21. The third-order valence-electron chi connectivity index (χ3n) is 4.15. The molecular weight excluding hydrogens is 284 g/mol. The fraction of sp³-hybridized carbons (Fsp3) is 0.500. The third-order valence-corrected chi connectivity index (χ3v) is 5.08. The molecule has 0 saturated heterocycles. The number of fused-ring (bicyclic) bond motifs is 1. The Bertz CT molecular complexity index is 659. The van der Waals surface area contributed by atoms with Crippen molar-refractivity contribution < 1.29 is 9.53 Å². The fourth-order valence-corrected chi connectivity index (χ4v) is 3.73. The molecule has 1 aliphatic carbocycles. The number of benzene rings is 1. The van der Waals surface area contributed by atoms with E-state index in [-0.39, 0.29) is 11.3 Å². The molecule has 1 saturated carbocycles. The predicted molar refractivity (Wildman–Crippen MR) is 86.0 cm³/mol. The lowest BCUT2D eigenvalue weighted by Crippen LogP contribution is -2.30. The fourth-order valence-electron chi connectivity index (χ4n) is 2.85. The first-order valence-electron chi connectivity index (χ1n) is 7.45. The molecule has 4 nitrogen and oxygen atoms in total. The van der Waals surface area contributed by atoms with Gasteiger partial charge in [0, 0.05) is 5.41 Å². The summed E-state index contributed by atoms with van der Waals surface area (Å²) in [4.78, 5) is 16.9. The van der Waals surface area contributed by atoms with E-state index in [2.05, 4.69) is 17.2 Å². The summed E-state index contributed by atoms with van der Waals surface area (Å²) >= 11 is 1.50. The van der Waals surface area contributed by atoms with Crippen LogP contribution in [0.1, 0.15) is 39.5 Å². The Labute approximate surface area is 128 Å². The second-order valence-corrected chi connectivity index (χ2v) is 6.83. The molecule has 0 radical (unpaired) electrons. The molecule has 5 heteroatoms. The number of hydrogen-bond acceptors (Lipinski definition) is 4. The number of hydrogen-bond donors (Lipinski definition) is 1. The van der Waals surface area contributed by atoms with E-state index in [0.717, 1.165) is 41.6 Å². The molecule has 0 bridgehead atoms. The first-order chi connectivity index (χ1) is 10.1. The SMILES string of the molecule is CCOc1ccc2nc(NC(=O)C3(C)CCCC3)sc2c1. The van der Waals surface area contributed by atoms with Crippen LogP contribution in [0.25, 0.3) is 10.2 Å². The zero-order valence-corrected chi connectivity index (χ0v) is 13.3. The number of thiazole rings is 1. The van der Waals surface area contributed by atoms with Crippen molar-refractivity contribution >= 4 is 32.6 Å². The minimum atomic E-state index is -0.228. The molecule has 2 aromatic rings. The van der Waals surface area contributed by atoms with Gasteiger partial charge in [0.2, 0.25) is 5.91 Å². The normalized spacial score (nSPS) is 17.0. The Morgan fingerprint density at radius 3 is 2.90 bits per heavy atom. The molecule has 1 N–H and O–H groups in total. The molecule has 1 amide bonds. The molecular formula is C16H20N2O2S. The van der Waals surface area contributed by atoms with Crippen LogP contribution < -0.4 is 10.1 Å². The topological polar surface area (TPSA) is 51.2 Å². The highest BCUT2D eigenvalue weighted by Crippen LogP contribution is 2.39. The standard InChI is InChI=1S/C16H20N2O2S/c1-3-20-11-6-7-12-13(10-11)21-15(17-12)18-14(19)16(2)8-4-5-9-16/h6-7,10H,3-5,8-9H2,1-2H3,(H,17,18,19). The van der Waals surface area contributed by atoms with E-state index in [1.165, 1.54) is 11.3 Å². The summed E-state index contributed by atoms with van der Waals surface area (Å²) in [5.41, 5.74) is 0.671. The Hall–Kier alpha value is -1.62. The summed E-state index contributed by atoms with van der Waals surface area (Å²) in [5.74, 6) is 0.943. The van der Waals surface area contributed by atoms with Crippen molar-refractivity contribution in [1.29, 1.82) is 0 Å². The molecule has 0 spiro atoms. The largest absolute Gasteiger partial charge is 0.494 e. The third kappa shape index (κ3) is 2.88. The predicted octanol–water partition coefficient (Wildman–Crippen LogP) is 4.21. The van der Waals surface area contributed by atoms with Crippen molar-refractivity contribution in [3.05, 3.63) is 18.2 Å². The Balaban J connectivity index is 1.79. The van der Waals surface area contributed by atoms with Crippen LogP contribution in [-0.2, 0) is 4.79 Å². The molecule has 1 aliphatic rings. The maximum atomic E-state index is 12.4. The first kappa shape index (κ1) is 14.3. The Morgan fingerprint density at radius 1 is 1.43 bits per heavy atom. The van der Waals surface area contributed by atoms with E-state index in [1.54, 1.807) is 0 Å². The number of carbonyl (C=O) groups is 1. The van der Waals surface area contributed by atoms with Crippen molar-refractivity contribution in [1.82, 2.24) is 4.98 Å². The van der Waals surface area contributed by atoms with Crippen LogP contribution in [0.5, 0.6) is 5.75 Å². The summed E-state index contributed by atoms with van der Waals surface area (Å²) in [5, 5.41) is 3.67. The van der Waals surface area contributed by atoms with Gasteiger partial charge in [-0.25, -0.2) is 4.98 Å². The molecule has 1 aromatic heterocycles. The summed E-state index contributed by atoms with van der Waals surface area (Å²) in [7, 11) is 0. The van der Waals surface area contributed by atoms with Gasteiger partial charge in [0.05, 0.1) is 16.8 Å². The number of aromatic nitrogens is 1. The monoisotopic (exact) mass is 304 g/mol. The van der Waals surface area contributed by atoms with Gasteiger partial charge in [-0.1, -0.05) is 31.1 Å². The molecule has 0 atom stereocenters. The van der Waals surface area contributed by atoms with Gasteiger partial charge in [-0.3, -0.25) is 4.79 Å². The molecule has 21 heavy (non-hydrogen) atoms. The van der Waals surface area contributed by atoms with Gasteiger partial charge >= 0.3 is 0 Å². The number of nitrogens with zero attached hydrogens (tertiary/aromatic N) is 1. The van der Waals surface area contributed by atoms with Crippen molar-refractivity contribution in [3.8, 4) is 5.75 Å². The van der Waals surface area contributed by atoms with E-state index in [0.29, 0.717) is 11.7 Å². The molecule has 0 aliphatic heterocycles. The van der Waals surface area contributed by atoms with Gasteiger partial charge in [-0.15, -0.1) is 0 Å². The summed E-state index contributed by atoms with van der Waals surface area (Å²) < 4.78 is 6.53. The highest BCUT2D eigenvalue weighted by Gasteiger charge is 2.36. The van der Waals surface area contributed by atoms with Gasteiger partial charge in [0.1, 0.15) is 5.75 Å². The lowest BCUT2D eigenvalue weighted by molar-refractivity contribution is -0.124. The lowest BCUT2D eigenvalue weighted by atomic mass is 9.88. The van der Waals surface area contributed by atoms with Crippen molar-refractivity contribution in [2.75, 3.05) is 11.9 Å². The van der Waals surface area contributed by atoms with Crippen molar-refractivity contribution in [3.63, 3.8) is 0 Å². The average molecular weight is 304 g/mol. The minimum absolute atomic E-state index is 0.101. The van der Waals surface area contributed by atoms with Crippen LogP contribution in [-0.4, -0.2) is 17.5 Å². The minimum Gasteiger partial charge on any atom is -0.494 e. The number of nitrogens with one attached hydrogen (secondary N) is 1. The molecule has 1 fully saturated rings. The van der Waals surface area contributed by atoms with Gasteiger partial charge in [0.15, 0.2) is 5.13 Å². The molecule has 0 unspecified atom stereocenters. The van der Waals surface area contributed by atoms with E-state index in [1.807, 2.05) is 25.1 Å². The second-order valence-electron chi connectivity index (χ2n) is 5.80. The zero-order valence-electron chi connectivity index (χ0n) is 12.4. The zero-order chi connectivity index (χ0) is 14.9. The van der Waals surface area contributed by atoms with Crippen molar-refractivity contribution in [2.24, 2.45) is 5.41 Å². The number of carbonyl (C=O) groups excluding carboxylic acids is 1. The second kappa shape index (κ2) is 5.64. The first-order valence-corrected chi connectivity index (χ1v) is 8.27. The molecule has 1 heterocycles.